The van der Waals surface area contributed by atoms with Gasteiger partial charge in [0.2, 0.25) is 0 Å². The molecule has 2 aromatic carbocycles. The number of aryl methyl sites for hydroxylation is 1. The lowest BCUT2D eigenvalue weighted by Crippen LogP contribution is -2.10. The fourth-order valence-electron chi connectivity index (χ4n) is 2.22. The maximum Gasteiger partial charge on any atom is 0.409 e. The van der Waals surface area contributed by atoms with Gasteiger partial charge in [0.1, 0.15) is 0 Å². The van der Waals surface area contributed by atoms with Crippen molar-refractivity contribution in [3.63, 3.8) is 0 Å². The number of carboxylic acid groups (broad SMARTS) is 1. The Labute approximate surface area is 125 Å². The average molecular weight is 309 g/mol. The summed E-state index contributed by atoms with van der Waals surface area (Å²) >= 11 is 0. The van der Waals surface area contributed by atoms with Gasteiger partial charge in [-0.25, -0.2) is 4.79 Å². The number of benzene rings is 2. The van der Waals surface area contributed by atoms with Crippen molar-refractivity contribution in [1.29, 1.82) is 0 Å². The van der Waals surface area contributed by atoms with Crippen molar-refractivity contribution < 1.29 is 23.1 Å². The molecular weight excluding hydrogens is 295 g/mol. The fraction of sp³-hybridized carbons (Fsp3) is 0.188. The standard InChI is InChI=1S/C16H14F3NO2/c17-16(18,19)10-9-11-5-1-2-6-12(11)13-7-3-4-8-14(13)20-15(21)22/h1-8,20H,9-10H2,(H,21,22). The molecule has 22 heavy (non-hydrogen) atoms. The van der Waals surface area contributed by atoms with E-state index in [1.807, 2.05) is 0 Å². The summed E-state index contributed by atoms with van der Waals surface area (Å²) < 4.78 is 37.3. The highest BCUT2D eigenvalue weighted by atomic mass is 19.4. The third kappa shape index (κ3) is 4.25. The van der Waals surface area contributed by atoms with Crippen LogP contribution >= 0.6 is 0 Å². The second kappa shape index (κ2) is 6.51. The highest BCUT2D eigenvalue weighted by Crippen LogP contribution is 2.32. The van der Waals surface area contributed by atoms with E-state index in [0.717, 1.165) is 0 Å². The van der Waals surface area contributed by atoms with Crippen LogP contribution in [0.4, 0.5) is 23.7 Å². The molecule has 2 aromatic rings. The lowest BCUT2D eigenvalue weighted by molar-refractivity contribution is -0.133. The Balaban J connectivity index is 2.39. The van der Waals surface area contributed by atoms with Gasteiger partial charge in [-0.2, -0.15) is 13.2 Å². The molecular formula is C16H14F3NO2. The van der Waals surface area contributed by atoms with Crippen LogP contribution in [-0.4, -0.2) is 17.4 Å². The van der Waals surface area contributed by atoms with E-state index in [0.29, 0.717) is 22.4 Å². The molecule has 3 nitrogen and oxygen atoms in total. The van der Waals surface area contributed by atoms with Crippen LogP contribution in [0.25, 0.3) is 11.1 Å². The summed E-state index contributed by atoms with van der Waals surface area (Å²) in [5, 5.41) is 11.1. The number of para-hydroxylation sites is 1. The normalized spacial score (nSPS) is 11.2. The molecule has 0 unspecified atom stereocenters. The quantitative estimate of drug-likeness (QED) is 0.840. The molecule has 2 N–H and O–H groups in total. The van der Waals surface area contributed by atoms with Crippen LogP contribution in [0.3, 0.4) is 0 Å². The Kier molecular flexibility index (Phi) is 4.70. The van der Waals surface area contributed by atoms with E-state index < -0.39 is 18.7 Å². The summed E-state index contributed by atoms with van der Waals surface area (Å²) in [6, 6.07) is 13.3. The summed E-state index contributed by atoms with van der Waals surface area (Å²) in [6.07, 6.45) is -6.52. The van der Waals surface area contributed by atoms with Gasteiger partial charge in [0.05, 0.1) is 5.69 Å². The fourth-order valence-corrected chi connectivity index (χ4v) is 2.22. The molecule has 0 saturated carbocycles. The first-order valence-corrected chi connectivity index (χ1v) is 6.61. The van der Waals surface area contributed by atoms with Gasteiger partial charge in [0, 0.05) is 12.0 Å². The summed E-state index contributed by atoms with van der Waals surface area (Å²) in [6.45, 7) is 0. The lowest BCUT2D eigenvalue weighted by atomic mass is 9.95. The monoisotopic (exact) mass is 309 g/mol. The van der Waals surface area contributed by atoms with Crippen LogP contribution in [0, 0.1) is 0 Å². The van der Waals surface area contributed by atoms with Crippen molar-refractivity contribution in [2.75, 3.05) is 5.32 Å². The van der Waals surface area contributed by atoms with E-state index in [1.165, 1.54) is 0 Å². The summed E-state index contributed by atoms with van der Waals surface area (Å²) in [4.78, 5) is 10.8. The second-order valence-electron chi connectivity index (χ2n) is 4.75. The number of amides is 1. The molecule has 0 bridgehead atoms. The largest absolute Gasteiger partial charge is 0.465 e. The van der Waals surface area contributed by atoms with Gasteiger partial charge >= 0.3 is 12.3 Å². The van der Waals surface area contributed by atoms with Gasteiger partial charge in [-0.05, 0) is 23.6 Å². The molecule has 0 atom stereocenters. The van der Waals surface area contributed by atoms with Gasteiger partial charge in [-0.1, -0.05) is 42.5 Å². The van der Waals surface area contributed by atoms with Crippen molar-refractivity contribution in [3.8, 4) is 11.1 Å². The minimum Gasteiger partial charge on any atom is -0.465 e. The minimum atomic E-state index is -4.23. The zero-order chi connectivity index (χ0) is 16.2. The van der Waals surface area contributed by atoms with Crippen LogP contribution in [0.1, 0.15) is 12.0 Å². The van der Waals surface area contributed by atoms with Crippen molar-refractivity contribution in [3.05, 3.63) is 54.1 Å². The van der Waals surface area contributed by atoms with Crippen molar-refractivity contribution >= 4 is 11.8 Å². The second-order valence-corrected chi connectivity index (χ2v) is 4.75. The van der Waals surface area contributed by atoms with Crippen LogP contribution in [-0.2, 0) is 6.42 Å². The Morgan fingerprint density at radius 2 is 1.59 bits per heavy atom. The summed E-state index contributed by atoms with van der Waals surface area (Å²) in [5.41, 5.74) is 2.02. The number of carbonyl (C=O) groups is 1. The number of anilines is 1. The smallest absolute Gasteiger partial charge is 0.409 e. The number of nitrogens with one attached hydrogen (secondary N) is 1. The summed E-state index contributed by atoms with van der Waals surface area (Å²) in [7, 11) is 0. The zero-order valence-corrected chi connectivity index (χ0v) is 11.5. The number of halogens is 3. The SMILES string of the molecule is O=C(O)Nc1ccccc1-c1ccccc1CCC(F)(F)F. The van der Waals surface area contributed by atoms with Gasteiger partial charge in [0.15, 0.2) is 0 Å². The third-order valence-electron chi connectivity index (χ3n) is 3.15. The molecule has 0 fully saturated rings. The third-order valence-corrected chi connectivity index (χ3v) is 3.15. The van der Waals surface area contributed by atoms with Gasteiger partial charge in [0.25, 0.3) is 0 Å². The van der Waals surface area contributed by atoms with Crippen molar-refractivity contribution in [1.82, 2.24) is 0 Å². The molecule has 1 amide bonds. The molecule has 0 aliphatic carbocycles. The van der Waals surface area contributed by atoms with Gasteiger partial charge in [-0.3, -0.25) is 5.32 Å². The van der Waals surface area contributed by atoms with E-state index in [-0.39, 0.29) is 6.42 Å². The molecule has 0 aliphatic rings. The molecule has 2 rings (SSSR count). The van der Waals surface area contributed by atoms with Crippen molar-refractivity contribution in [2.24, 2.45) is 0 Å². The maximum atomic E-state index is 12.4. The molecule has 0 radical (unpaired) electrons. The predicted molar refractivity (Wildman–Crippen MR) is 77.9 cm³/mol. The van der Waals surface area contributed by atoms with E-state index >= 15 is 0 Å². The molecule has 0 aromatic heterocycles. The minimum absolute atomic E-state index is 0.152. The number of rotatable bonds is 4. The maximum absolute atomic E-state index is 12.4. The first-order chi connectivity index (χ1) is 10.4. The Morgan fingerprint density at radius 1 is 1.00 bits per heavy atom. The van der Waals surface area contributed by atoms with Crippen molar-refractivity contribution in [2.45, 2.75) is 19.0 Å². The van der Waals surface area contributed by atoms with Gasteiger partial charge < -0.3 is 5.11 Å². The van der Waals surface area contributed by atoms with E-state index in [1.54, 1.807) is 48.5 Å². The summed E-state index contributed by atoms with van der Waals surface area (Å²) in [5.74, 6) is 0. The van der Waals surface area contributed by atoms with Crippen LogP contribution < -0.4 is 5.32 Å². The molecule has 0 spiro atoms. The molecule has 0 heterocycles. The van der Waals surface area contributed by atoms with Crippen LogP contribution in [0.2, 0.25) is 0 Å². The molecule has 0 aliphatic heterocycles. The van der Waals surface area contributed by atoms with E-state index in [9.17, 15) is 18.0 Å². The Hall–Kier alpha value is -2.50. The molecule has 116 valence electrons. The number of hydrogen-bond acceptors (Lipinski definition) is 1. The Bertz CT molecular complexity index is 668. The first-order valence-electron chi connectivity index (χ1n) is 6.61. The predicted octanol–water partition coefficient (Wildman–Crippen LogP) is 4.94. The lowest BCUT2D eigenvalue weighted by Gasteiger charge is -2.14. The van der Waals surface area contributed by atoms with Crippen LogP contribution in [0.15, 0.2) is 48.5 Å². The van der Waals surface area contributed by atoms with Crippen LogP contribution in [0.5, 0.6) is 0 Å². The molecule has 6 heteroatoms. The Morgan fingerprint density at radius 3 is 2.23 bits per heavy atom. The van der Waals surface area contributed by atoms with E-state index in [4.69, 9.17) is 5.11 Å². The average Bonchev–Trinajstić information content (AvgIpc) is 2.45. The highest BCUT2D eigenvalue weighted by molar-refractivity contribution is 5.91. The van der Waals surface area contributed by atoms with Gasteiger partial charge in [-0.15, -0.1) is 0 Å². The van der Waals surface area contributed by atoms with E-state index in [2.05, 4.69) is 5.32 Å². The highest BCUT2D eigenvalue weighted by Gasteiger charge is 2.27. The topological polar surface area (TPSA) is 49.3 Å². The first kappa shape index (κ1) is 15.9. The number of hydrogen-bond donors (Lipinski definition) is 2. The molecule has 0 saturated heterocycles. The number of alkyl halides is 3. The zero-order valence-electron chi connectivity index (χ0n) is 11.5.